The Morgan fingerprint density at radius 1 is 0.364 bits per heavy atom. The van der Waals surface area contributed by atoms with E-state index in [4.69, 9.17) is 4.74 Å². The third-order valence-electron chi connectivity index (χ3n) is 4.68. The lowest BCUT2D eigenvalue weighted by Crippen LogP contribution is -1.97. The average molecular weight is 466 g/mol. The molecule has 0 aliphatic heterocycles. The molecule has 0 aliphatic rings. The third kappa shape index (κ3) is 4.39. The lowest BCUT2D eigenvalue weighted by molar-refractivity contribution is 0.458. The standard InChI is InChI=1S/C24H10F8O/c25-15-3-1-11(5-17(15)27)23-19(29)7-13(8-20(23)30)33-14-9-21(31)24(22(32)10-14)12-2-4-16(26)18(28)6-12/h1-10H. The zero-order valence-electron chi connectivity index (χ0n) is 16.2. The van der Waals surface area contributed by atoms with Crippen LogP contribution in [0.5, 0.6) is 11.5 Å². The number of ether oxygens (including phenoxy) is 1. The molecule has 0 radical (unpaired) electrons. The Morgan fingerprint density at radius 3 is 1.00 bits per heavy atom. The average Bonchev–Trinajstić information content (AvgIpc) is 2.72. The van der Waals surface area contributed by atoms with E-state index >= 15 is 0 Å². The highest BCUT2D eigenvalue weighted by Crippen LogP contribution is 2.35. The molecule has 0 N–H and O–H groups in total. The predicted octanol–water partition coefficient (Wildman–Crippen LogP) is 7.93. The first-order chi connectivity index (χ1) is 15.6. The molecule has 0 aliphatic carbocycles. The van der Waals surface area contributed by atoms with Gasteiger partial charge < -0.3 is 4.74 Å². The van der Waals surface area contributed by atoms with Gasteiger partial charge in [0, 0.05) is 24.3 Å². The zero-order valence-corrected chi connectivity index (χ0v) is 16.2. The van der Waals surface area contributed by atoms with Gasteiger partial charge in [-0.3, -0.25) is 0 Å². The largest absolute Gasteiger partial charge is 0.457 e. The fourth-order valence-electron chi connectivity index (χ4n) is 3.21. The van der Waals surface area contributed by atoms with Gasteiger partial charge in [0.25, 0.3) is 0 Å². The Balaban J connectivity index is 1.66. The second-order valence-electron chi connectivity index (χ2n) is 6.88. The van der Waals surface area contributed by atoms with Crippen LogP contribution in [0, 0.1) is 46.5 Å². The van der Waals surface area contributed by atoms with Crippen molar-refractivity contribution in [3.63, 3.8) is 0 Å². The van der Waals surface area contributed by atoms with Gasteiger partial charge in [-0.2, -0.15) is 0 Å². The molecule has 0 unspecified atom stereocenters. The van der Waals surface area contributed by atoms with Crippen LogP contribution in [0.4, 0.5) is 35.1 Å². The molecule has 0 saturated carbocycles. The van der Waals surface area contributed by atoms with E-state index < -0.39 is 69.2 Å². The first-order valence-electron chi connectivity index (χ1n) is 9.21. The molecule has 0 fully saturated rings. The minimum Gasteiger partial charge on any atom is -0.457 e. The summed E-state index contributed by atoms with van der Waals surface area (Å²) < 4.78 is 116. The van der Waals surface area contributed by atoms with Gasteiger partial charge in [-0.15, -0.1) is 0 Å². The van der Waals surface area contributed by atoms with Crippen molar-refractivity contribution in [2.75, 3.05) is 0 Å². The topological polar surface area (TPSA) is 9.23 Å². The van der Waals surface area contributed by atoms with Crippen LogP contribution in [0.15, 0.2) is 60.7 Å². The van der Waals surface area contributed by atoms with Gasteiger partial charge in [0.15, 0.2) is 23.3 Å². The van der Waals surface area contributed by atoms with E-state index in [0.29, 0.717) is 48.5 Å². The van der Waals surface area contributed by atoms with Crippen molar-refractivity contribution in [2.24, 2.45) is 0 Å². The summed E-state index contributed by atoms with van der Waals surface area (Å²) in [6.07, 6.45) is 0. The van der Waals surface area contributed by atoms with Crippen molar-refractivity contribution in [2.45, 2.75) is 0 Å². The highest BCUT2D eigenvalue weighted by atomic mass is 19.2. The molecule has 33 heavy (non-hydrogen) atoms. The van der Waals surface area contributed by atoms with Crippen molar-refractivity contribution in [1.29, 1.82) is 0 Å². The summed E-state index contributed by atoms with van der Waals surface area (Å²) in [6, 6.07) is 7.35. The van der Waals surface area contributed by atoms with Crippen molar-refractivity contribution in [1.82, 2.24) is 0 Å². The minimum atomic E-state index is -1.31. The lowest BCUT2D eigenvalue weighted by atomic mass is 10.0. The van der Waals surface area contributed by atoms with Gasteiger partial charge in [-0.1, -0.05) is 12.1 Å². The fourth-order valence-corrected chi connectivity index (χ4v) is 3.21. The Bertz CT molecular complexity index is 1230. The number of rotatable bonds is 4. The molecule has 168 valence electrons. The van der Waals surface area contributed by atoms with Gasteiger partial charge in [-0.25, -0.2) is 35.1 Å². The Hall–Kier alpha value is -3.88. The predicted molar refractivity (Wildman–Crippen MR) is 103 cm³/mol. The molecular formula is C24H10F8O. The fraction of sp³-hybridized carbons (Fsp3) is 0. The molecule has 0 saturated heterocycles. The van der Waals surface area contributed by atoms with Crippen LogP contribution in [0.2, 0.25) is 0 Å². The van der Waals surface area contributed by atoms with E-state index in [1.54, 1.807) is 0 Å². The smallest absolute Gasteiger partial charge is 0.159 e. The summed E-state index contributed by atoms with van der Waals surface area (Å²) in [4.78, 5) is 0. The van der Waals surface area contributed by atoms with Crippen LogP contribution in [-0.4, -0.2) is 0 Å². The van der Waals surface area contributed by atoms with Crippen LogP contribution < -0.4 is 4.74 Å². The molecule has 4 rings (SSSR count). The maximum atomic E-state index is 14.5. The summed E-state index contributed by atoms with van der Waals surface area (Å²) in [7, 11) is 0. The number of hydrogen-bond donors (Lipinski definition) is 0. The first-order valence-corrected chi connectivity index (χ1v) is 9.21. The SMILES string of the molecule is Fc1ccc(-c2c(F)cc(Oc3cc(F)c(-c4ccc(F)c(F)c4)c(F)c3)cc2F)cc1F. The Kier molecular flexibility index (Phi) is 5.80. The van der Waals surface area contributed by atoms with Gasteiger partial charge in [0.1, 0.15) is 34.8 Å². The molecular weight excluding hydrogens is 456 g/mol. The molecule has 9 heteroatoms. The van der Waals surface area contributed by atoms with Gasteiger partial charge >= 0.3 is 0 Å². The van der Waals surface area contributed by atoms with Crippen molar-refractivity contribution in [3.05, 3.63) is 107 Å². The molecule has 0 atom stereocenters. The number of hydrogen-bond acceptors (Lipinski definition) is 1. The van der Waals surface area contributed by atoms with Crippen molar-refractivity contribution >= 4 is 0 Å². The number of halogens is 8. The van der Waals surface area contributed by atoms with Crippen molar-refractivity contribution in [3.8, 4) is 33.8 Å². The highest BCUT2D eigenvalue weighted by Gasteiger charge is 2.19. The van der Waals surface area contributed by atoms with E-state index in [1.807, 2.05) is 0 Å². The van der Waals surface area contributed by atoms with Crippen LogP contribution in [-0.2, 0) is 0 Å². The molecule has 4 aromatic rings. The Labute approximate surface area is 181 Å². The first kappa shape index (κ1) is 22.3. The Morgan fingerprint density at radius 2 is 0.697 bits per heavy atom. The monoisotopic (exact) mass is 466 g/mol. The van der Waals surface area contributed by atoms with E-state index in [2.05, 4.69) is 0 Å². The third-order valence-corrected chi connectivity index (χ3v) is 4.68. The summed E-state index contributed by atoms with van der Waals surface area (Å²) in [6.45, 7) is 0. The van der Waals surface area contributed by atoms with Gasteiger partial charge in [0.2, 0.25) is 0 Å². The van der Waals surface area contributed by atoms with E-state index in [0.717, 1.165) is 12.1 Å². The lowest BCUT2D eigenvalue weighted by Gasteiger charge is -2.12. The summed E-state index contributed by atoms with van der Waals surface area (Å²) in [5.74, 6) is -10.8. The second-order valence-corrected chi connectivity index (χ2v) is 6.88. The van der Waals surface area contributed by atoms with E-state index in [1.165, 1.54) is 0 Å². The van der Waals surface area contributed by atoms with Crippen molar-refractivity contribution < 1.29 is 39.9 Å². The normalized spacial score (nSPS) is 11.0. The maximum absolute atomic E-state index is 14.5. The quantitative estimate of drug-likeness (QED) is 0.278. The van der Waals surface area contributed by atoms with E-state index in [9.17, 15) is 35.1 Å². The van der Waals surface area contributed by atoms with Crippen LogP contribution in [0.1, 0.15) is 0 Å². The molecule has 0 amide bonds. The zero-order chi connectivity index (χ0) is 23.9. The second kappa shape index (κ2) is 8.57. The molecule has 0 bridgehead atoms. The summed E-state index contributed by atoms with van der Waals surface area (Å²) in [5.41, 5.74) is -1.87. The van der Waals surface area contributed by atoms with Crippen LogP contribution >= 0.6 is 0 Å². The highest BCUT2D eigenvalue weighted by molar-refractivity contribution is 5.67. The van der Waals surface area contributed by atoms with Crippen LogP contribution in [0.3, 0.4) is 0 Å². The van der Waals surface area contributed by atoms with E-state index in [-0.39, 0.29) is 11.1 Å². The molecule has 0 aromatic heterocycles. The van der Waals surface area contributed by atoms with Crippen LogP contribution in [0.25, 0.3) is 22.3 Å². The summed E-state index contributed by atoms with van der Waals surface area (Å²) in [5, 5.41) is 0. The molecule has 0 spiro atoms. The summed E-state index contributed by atoms with van der Waals surface area (Å²) >= 11 is 0. The minimum absolute atomic E-state index is 0.275. The molecule has 0 heterocycles. The maximum Gasteiger partial charge on any atom is 0.159 e. The van der Waals surface area contributed by atoms with Gasteiger partial charge in [-0.05, 0) is 35.4 Å². The van der Waals surface area contributed by atoms with Gasteiger partial charge in [0.05, 0.1) is 11.1 Å². The molecule has 1 nitrogen and oxygen atoms in total. The molecule has 4 aromatic carbocycles. The number of benzene rings is 4.